The Morgan fingerprint density at radius 1 is 1.29 bits per heavy atom. The van der Waals surface area contributed by atoms with Gasteiger partial charge in [0.25, 0.3) is 0 Å². The fraction of sp³-hybridized carbons (Fsp3) is 0.579. The van der Waals surface area contributed by atoms with Crippen molar-refractivity contribution in [3.63, 3.8) is 0 Å². The molecule has 2 rings (SSSR count). The van der Waals surface area contributed by atoms with Gasteiger partial charge in [0.15, 0.2) is 0 Å². The first-order chi connectivity index (χ1) is 11.2. The van der Waals surface area contributed by atoms with Gasteiger partial charge in [-0.1, -0.05) is 32.9 Å². The number of hydrogen-bond acceptors (Lipinski definition) is 3. The zero-order chi connectivity index (χ0) is 18.0. The van der Waals surface area contributed by atoms with Crippen LogP contribution < -0.4 is 10.6 Å². The standard InChI is InChI=1S/C19H26FN3O/c1-18(2,3)17(13-5-9-15(20)10-6-13)22-11-16(24)23-19(4,12-21)14-7-8-14/h5-6,9-10,14,17,22H,7-8,11H2,1-4H3,(H,23,24)/t17-,19-/m0/s1. The number of carbonyl (C=O) groups is 1. The van der Waals surface area contributed by atoms with Crippen LogP contribution in [0.5, 0.6) is 0 Å². The molecular weight excluding hydrogens is 305 g/mol. The SMILES string of the molecule is CC(C)(C)[C@@H](NCC(=O)N[C@@](C)(C#N)C1CC1)c1ccc(F)cc1. The van der Waals surface area contributed by atoms with E-state index >= 15 is 0 Å². The molecule has 24 heavy (non-hydrogen) atoms. The van der Waals surface area contributed by atoms with Crippen LogP contribution in [0.3, 0.4) is 0 Å². The van der Waals surface area contributed by atoms with Crippen LogP contribution in [-0.4, -0.2) is 18.0 Å². The summed E-state index contributed by atoms with van der Waals surface area (Å²) in [5, 5.41) is 15.4. The summed E-state index contributed by atoms with van der Waals surface area (Å²) >= 11 is 0. The van der Waals surface area contributed by atoms with Crippen molar-refractivity contribution >= 4 is 5.91 Å². The molecule has 1 aliphatic carbocycles. The first kappa shape index (κ1) is 18.4. The highest BCUT2D eigenvalue weighted by molar-refractivity contribution is 5.79. The Kier molecular flexibility index (Phi) is 5.29. The van der Waals surface area contributed by atoms with Gasteiger partial charge >= 0.3 is 0 Å². The lowest BCUT2D eigenvalue weighted by atomic mass is 9.82. The van der Waals surface area contributed by atoms with Crippen molar-refractivity contribution in [2.24, 2.45) is 11.3 Å². The van der Waals surface area contributed by atoms with Gasteiger partial charge in [-0.05, 0) is 48.8 Å². The van der Waals surface area contributed by atoms with E-state index in [0.717, 1.165) is 18.4 Å². The minimum Gasteiger partial charge on any atom is -0.337 e. The van der Waals surface area contributed by atoms with Crippen molar-refractivity contribution in [2.45, 2.75) is 52.1 Å². The molecule has 0 unspecified atom stereocenters. The van der Waals surface area contributed by atoms with Crippen molar-refractivity contribution < 1.29 is 9.18 Å². The molecule has 1 saturated carbocycles. The van der Waals surface area contributed by atoms with Crippen molar-refractivity contribution in [3.8, 4) is 6.07 Å². The lowest BCUT2D eigenvalue weighted by Gasteiger charge is -2.32. The van der Waals surface area contributed by atoms with E-state index < -0.39 is 5.54 Å². The van der Waals surface area contributed by atoms with E-state index in [9.17, 15) is 14.4 Å². The molecule has 130 valence electrons. The van der Waals surface area contributed by atoms with Gasteiger partial charge < -0.3 is 10.6 Å². The molecule has 4 nitrogen and oxygen atoms in total. The normalized spacial score (nSPS) is 18.3. The van der Waals surface area contributed by atoms with Crippen LogP contribution in [0.25, 0.3) is 0 Å². The van der Waals surface area contributed by atoms with E-state index in [0.29, 0.717) is 0 Å². The van der Waals surface area contributed by atoms with Gasteiger partial charge in [0.2, 0.25) is 5.91 Å². The van der Waals surface area contributed by atoms with E-state index in [1.165, 1.54) is 12.1 Å². The van der Waals surface area contributed by atoms with E-state index in [4.69, 9.17) is 0 Å². The van der Waals surface area contributed by atoms with Crippen molar-refractivity contribution in [1.82, 2.24) is 10.6 Å². The minimum absolute atomic E-state index is 0.0990. The minimum atomic E-state index is -0.786. The van der Waals surface area contributed by atoms with Gasteiger partial charge in [0.05, 0.1) is 12.6 Å². The second kappa shape index (κ2) is 6.90. The molecule has 0 bridgehead atoms. The number of carbonyl (C=O) groups excluding carboxylic acids is 1. The van der Waals surface area contributed by atoms with Gasteiger partial charge in [-0.25, -0.2) is 4.39 Å². The highest BCUT2D eigenvalue weighted by Crippen LogP contribution is 2.39. The summed E-state index contributed by atoms with van der Waals surface area (Å²) in [5.41, 5.74) is 0.000804. The zero-order valence-electron chi connectivity index (χ0n) is 14.8. The molecule has 1 aromatic carbocycles. The molecule has 5 heteroatoms. The van der Waals surface area contributed by atoms with Crippen LogP contribution in [0.2, 0.25) is 0 Å². The summed E-state index contributed by atoms with van der Waals surface area (Å²) < 4.78 is 13.2. The molecule has 0 aromatic heterocycles. The summed E-state index contributed by atoms with van der Waals surface area (Å²) in [4.78, 5) is 12.3. The number of hydrogen-bond donors (Lipinski definition) is 2. The second-order valence-corrected chi connectivity index (χ2v) is 7.87. The third-order valence-electron chi connectivity index (χ3n) is 4.56. The maximum Gasteiger partial charge on any atom is 0.235 e. The fourth-order valence-electron chi connectivity index (χ4n) is 2.99. The monoisotopic (exact) mass is 331 g/mol. The molecule has 2 atom stereocenters. The second-order valence-electron chi connectivity index (χ2n) is 7.87. The Morgan fingerprint density at radius 3 is 2.33 bits per heavy atom. The van der Waals surface area contributed by atoms with Crippen LogP contribution in [0.1, 0.15) is 52.1 Å². The Labute approximate surface area is 143 Å². The van der Waals surface area contributed by atoms with Crippen LogP contribution in [-0.2, 0) is 4.79 Å². The van der Waals surface area contributed by atoms with Gasteiger partial charge in [-0.3, -0.25) is 4.79 Å². The molecule has 0 spiro atoms. The molecule has 1 aliphatic rings. The maximum atomic E-state index is 13.2. The molecule has 1 amide bonds. The molecule has 0 radical (unpaired) electrons. The maximum absolute atomic E-state index is 13.2. The third kappa shape index (κ3) is 4.55. The Bertz CT molecular complexity index is 625. The van der Waals surface area contributed by atoms with Crippen LogP contribution in [0.15, 0.2) is 24.3 Å². The quantitative estimate of drug-likeness (QED) is 0.840. The third-order valence-corrected chi connectivity index (χ3v) is 4.56. The first-order valence-corrected chi connectivity index (χ1v) is 8.37. The molecular formula is C19H26FN3O. The zero-order valence-corrected chi connectivity index (χ0v) is 14.8. The summed E-state index contributed by atoms with van der Waals surface area (Å²) in [7, 11) is 0. The van der Waals surface area contributed by atoms with Crippen LogP contribution in [0.4, 0.5) is 4.39 Å². The average Bonchev–Trinajstić information content (AvgIpc) is 3.33. The molecule has 0 saturated heterocycles. The van der Waals surface area contributed by atoms with Crippen molar-refractivity contribution in [3.05, 3.63) is 35.6 Å². The fourth-order valence-corrected chi connectivity index (χ4v) is 2.99. The van der Waals surface area contributed by atoms with E-state index in [-0.39, 0.29) is 35.6 Å². The molecule has 1 fully saturated rings. The number of nitrogens with zero attached hydrogens (tertiary/aromatic N) is 1. The predicted molar refractivity (Wildman–Crippen MR) is 91.5 cm³/mol. The summed E-state index contributed by atoms with van der Waals surface area (Å²) in [6.45, 7) is 8.09. The lowest BCUT2D eigenvalue weighted by molar-refractivity contribution is -0.121. The number of amides is 1. The molecule has 0 heterocycles. The lowest BCUT2D eigenvalue weighted by Crippen LogP contribution is -2.50. The van der Waals surface area contributed by atoms with Gasteiger partial charge in [0.1, 0.15) is 11.4 Å². The Morgan fingerprint density at radius 2 is 1.88 bits per heavy atom. The first-order valence-electron chi connectivity index (χ1n) is 8.37. The number of nitrogens with one attached hydrogen (secondary N) is 2. The largest absolute Gasteiger partial charge is 0.337 e. The van der Waals surface area contributed by atoms with Crippen LogP contribution >= 0.6 is 0 Å². The molecule has 0 aliphatic heterocycles. The topological polar surface area (TPSA) is 64.9 Å². The van der Waals surface area contributed by atoms with Crippen LogP contribution in [0, 0.1) is 28.5 Å². The van der Waals surface area contributed by atoms with Crippen molar-refractivity contribution in [1.29, 1.82) is 5.26 Å². The predicted octanol–water partition coefficient (Wildman–Crippen LogP) is 3.31. The summed E-state index contributed by atoms with van der Waals surface area (Å²) in [6.07, 6.45) is 1.97. The van der Waals surface area contributed by atoms with Gasteiger partial charge in [0, 0.05) is 6.04 Å². The van der Waals surface area contributed by atoms with Gasteiger partial charge in [-0.15, -0.1) is 0 Å². The summed E-state index contributed by atoms with van der Waals surface area (Å²) in [5.74, 6) is -0.220. The molecule has 1 aromatic rings. The van der Waals surface area contributed by atoms with Crippen molar-refractivity contribution in [2.75, 3.05) is 6.54 Å². The Balaban J connectivity index is 2.01. The highest BCUT2D eigenvalue weighted by Gasteiger charge is 2.43. The number of nitriles is 1. The number of benzene rings is 1. The van der Waals surface area contributed by atoms with Gasteiger partial charge in [-0.2, -0.15) is 5.26 Å². The average molecular weight is 331 g/mol. The van der Waals surface area contributed by atoms with E-state index in [1.807, 2.05) is 0 Å². The molecule has 2 N–H and O–H groups in total. The Hall–Kier alpha value is -1.93. The summed E-state index contributed by atoms with van der Waals surface area (Å²) in [6, 6.07) is 8.45. The highest BCUT2D eigenvalue weighted by atomic mass is 19.1. The number of halogens is 1. The number of rotatable bonds is 6. The smallest absolute Gasteiger partial charge is 0.235 e. The van der Waals surface area contributed by atoms with E-state index in [2.05, 4.69) is 37.5 Å². The van der Waals surface area contributed by atoms with E-state index in [1.54, 1.807) is 19.1 Å².